The number of aliphatic carboxylic acids is 1. The molecule has 0 spiro atoms. The van der Waals surface area contributed by atoms with Crippen LogP contribution in [-0.4, -0.2) is 17.7 Å². The minimum absolute atomic E-state index is 0.381. The fourth-order valence-corrected chi connectivity index (χ4v) is 1.66. The summed E-state index contributed by atoms with van der Waals surface area (Å²) in [5.41, 5.74) is 2.16. The first-order valence-electron chi connectivity index (χ1n) is 4.72. The van der Waals surface area contributed by atoms with E-state index in [0.29, 0.717) is 12.4 Å². The van der Waals surface area contributed by atoms with E-state index >= 15 is 0 Å². The maximum absolute atomic E-state index is 10.4. The molecule has 0 saturated heterocycles. The van der Waals surface area contributed by atoms with E-state index in [1.807, 2.05) is 0 Å². The van der Waals surface area contributed by atoms with Crippen LogP contribution in [0.25, 0.3) is 6.08 Å². The van der Waals surface area contributed by atoms with Gasteiger partial charge in [0.1, 0.15) is 12.4 Å². The molecule has 1 rings (SSSR count). The molecule has 0 radical (unpaired) electrons. The maximum atomic E-state index is 10.4. The second-order valence-corrected chi connectivity index (χ2v) is 4.14. The van der Waals surface area contributed by atoms with Crippen molar-refractivity contribution < 1.29 is 14.6 Å². The number of hydrogen-bond donors (Lipinski definition) is 1. The van der Waals surface area contributed by atoms with E-state index in [0.717, 1.165) is 16.1 Å². The Morgan fingerprint density at radius 1 is 1.53 bits per heavy atom. The van der Waals surface area contributed by atoms with Crippen molar-refractivity contribution in [3.63, 3.8) is 0 Å². The minimum atomic E-state index is -0.978. The topological polar surface area (TPSA) is 46.5 Å². The molecule has 0 bridgehead atoms. The maximum Gasteiger partial charge on any atom is 0.328 e. The van der Waals surface area contributed by atoms with Gasteiger partial charge in [-0.2, -0.15) is 0 Å². The fourth-order valence-electron chi connectivity index (χ4n) is 1.08. The summed E-state index contributed by atoms with van der Waals surface area (Å²) in [6.45, 7) is 0.381. The summed E-state index contributed by atoms with van der Waals surface area (Å²) in [5.74, 6) is -0.305. The number of ether oxygens (including phenoxy) is 1. The summed E-state index contributed by atoms with van der Waals surface area (Å²) >= 11 is 8.71. The fraction of sp³-hybridized carbons (Fsp3) is 0.0833. The molecule has 90 valence electrons. The normalized spacial score (nSPS) is 11.2. The Balaban J connectivity index is 2.75. The third kappa shape index (κ3) is 5.06. The number of carboxylic acid groups (broad SMARTS) is 1. The van der Waals surface area contributed by atoms with Gasteiger partial charge >= 0.3 is 5.97 Å². The van der Waals surface area contributed by atoms with Crippen LogP contribution in [-0.2, 0) is 4.79 Å². The van der Waals surface area contributed by atoms with Gasteiger partial charge in [0.05, 0.1) is 4.47 Å². The Bertz CT molecular complexity index is 455. The van der Waals surface area contributed by atoms with Gasteiger partial charge in [0.25, 0.3) is 0 Å². The Labute approximate surface area is 112 Å². The van der Waals surface area contributed by atoms with Crippen molar-refractivity contribution >= 4 is 39.6 Å². The van der Waals surface area contributed by atoms with Gasteiger partial charge in [-0.3, -0.25) is 0 Å². The third-order valence-electron chi connectivity index (χ3n) is 1.80. The molecule has 0 unspecified atom stereocenters. The average molecular weight is 318 g/mol. The molecule has 0 atom stereocenters. The highest BCUT2D eigenvalue weighted by molar-refractivity contribution is 9.10. The van der Waals surface area contributed by atoms with Crippen LogP contribution in [0.3, 0.4) is 0 Å². The van der Waals surface area contributed by atoms with Gasteiger partial charge < -0.3 is 9.84 Å². The zero-order valence-electron chi connectivity index (χ0n) is 8.77. The molecule has 1 aromatic carbocycles. The second kappa shape index (κ2) is 7.14. The summed E-state index contributed by atoms with van der Waals surface area (Å²) in [6.07, 6.45) is 4.26. The van der Waals surface area contributed by atoms with E-state index in [2.05, 4.69) is 15.9 Å². The first-order valence-corrected chi connectivity index (χ1v) is 5.95. The Morgan fingerprint density at radius 2 is 2.29 bits per heavy atom. The summed E-state index contributed by atoms with van der Waals surface area (Å²) in [6, 6.07) is 5.30. The molecule has 0 aliphatic heterocycles. The summed E-state index contributed by atoms with van der Waals surface area (Å²) < 4.78 is 6.16. The quantitative estimate of drug-likeness (QED) is 0.843. The molecule has 1 aromatic rings. The first kappa shape index (κ1) is 13.8. The predicted octanol–water partition coefficient (Wildman–Crippen LogP) is 3.68. The van der Waals surface area contributed by atoms with Gasteiger partial charge in [0.15, 0.2) is 0 Å². The standard InChI is InChI=1S/C12H10BrClO3/c13-10-8-9(3-5-12(15)16)2-4-11(10)17-7-1-6-14/h1-6,8H,7H2,(H,15,16). The average Bonchev–Trinajstić information content (AvgIpc) is 2.29. The van der Waals surface area contributed by atoms with Crippen LogP contribution >= 0.6 is 27.5 Å². The van der Waals surface area contributed by atoms with Gasteiger partial charge in [-0.05, 0) is 45.8 Å². The number of hydrogen-bond acceptors (Lipinski definition) is 2. The van der Waals surface area contributed by atoms with E-state index in [9.17, 15) is 4.79 Å². The van der Waals surface area contributed by atoms with Crippen molar-refractivity contribution in [3.8, 4) is 5.75 Å². The summed E-state index contributed by atoms with van der Waals surface area (Å²) in [7, 11) is 0. The molecule has 0 heterocycles. The van der Waals surface area contributed by atoms with E-state index in [-0.39, 0.29) is 0 Å². The predicted molar refractivity (Wildman–Crippen MR) is 71.3 cm³/mol. The lowest BCUT2D eigenvalue weighted by atomic mass is 10.2. The zero-order valence-corrected chi connectivity index (χ0v) is 11.1. The lowest BCUT2D eigenvalue weighted by Crippen LogP contribution is -1.94. The van der Waals surface area contributed by atoms with E-state index in [1.165, 1.54) is 11.6 Å². The van der Waals surface area contributed by atoms with Crippen molar-refractivity contribution in [1.29, 1.82) is 0 Å². The molecular weight excluding hydrogens is 307 g/mol. The van der Waals surface area contributed by atoms with Crippen molar-refractivity contribution in [2.75, 3.05) is 6.61 Å². The van der Waals surface area contributed by atoms with Crippen LogP contribution in [0.15, 0.2) is 40.4 Å². The van der Waals surface area contributed by atoms with Crippen LogP contribution in [0.4, 0.5) is 0 Å². The third-order valence-corrected chi connectivity index (χ3v) is 2.60. The van der Waals surface area contributed by atoms with E-state index in [4.69, 9.17) is 21.4 Å². The molecule has 3 nitrogen and oxygen atoms in total. The van der Waals surface area contributed by atoms with Crippen molar-refractivity contribution in [2.24, 2.45) is 0 Å². The lowest BCUT2D eigenvalue weighted by Gasteiger charge is -2.06. The smallest absolute Gasteiger partial charge is 0.328 e. The van der Waals surface area contributed by atoms with Crippen LogP contribution in [0, 0.1) is 0 Å². The lowest BCUT2D eigenvalue weighted by molar-refractivity contribution is -0.131. The molecule has 0 aliphatic carbocycles. The van der Waals surface area contributed by atoms with E-state index < -0.39 is 5.97 Å². The number of halogens is 2. The highest BCUT2D eigenvalue weighted by Gasteiger charge is 2.00. The summed E-state index contributed by atoms with van der Waals surface area (Å²) in [5, 5.41) is 8.50. The van der Waals surface area contributed by atoms with Gasteiger partial charge in [-0.1, -0.05) is 17.7 Å². The van der Waals surface area contributed by atoms with Crippen LogP contribution in [0.5, 0.6) is 5.75 Å². The Morgan fingerprint density at radius 3 is 2.88 bits per heavy atom. The Hall–Kier alpha value is -1.26. The van der Waals surface area contributed by atoms with Gasteiger partial charge in [0.2, 0.25) is 0 Å². The molecule has 0 saturated carbocycles. The number of carboxylic acids is 1. The van der Waals surface area contributed by atoms with Crippen LogP contribution in [0.1, 0.15) is 5.56 Å². The molecule has 0 aliphatic rings. The number of carbonyl (C=O) groups is 1. The SMILES string of the molecule is O=C(O)C=Cc1ccc(OCC=CCl)c(Br)c1. The molecule has 5 heteroatoms. The largest absolute Gasteiger partial charge is 0.488 e. The zero-order chi connectivity index (χ0) is 12.7. The molecule has 17 heavy (non-hydrogen) atoms. The molecular formula is C12H10BrClO3. The van der Waals surface area contributed by atoms with Gasteiger partial charge in [-0.15, -0.1) is 0 Å². The van der Waals surface area contributed by atoms with Gasteiger partial charge in [-0.25, -0.2) is 4.79 Å². The molecule has 0 fully saturated rings. The van der Waals surface area contributed by atoms with Crippen LogP contribution in [0.2, 0.25) is 0 Å². The van der Waals surface area contributed by atoms with Crippen molar-refractivity contribution in [1.82, 2.24) is 0 Å². The highest BCUT2D eigenvalue weighted by atomic mass is 79.9. The van der Waals surface area contributed by atoms with Gasteiger partial charge in [0, 0.05) is 11.6 Å². The Kier molecular flexibility index (Phi) is 5.80. The molecule has 0 amide bonds. The molecule has 1 N–H and O–H groups in total. The number of benzene rings is 1. The minimum Gasteiger partial charge on any atom is -0.488 e. The number of rotatable bonds is 5. The highest BCUT2D eigenvalue weighted by Crippen LogP contribution is 2.26. The van der Waals surface area contributed by atoms with Crippen molar-refractivity contribution in [2.45, 2.75) is 0 Å². The molecule has 0 aromatic heterocycles. The van der Waals surface area contributed by atoms with Crippen molar-refractivity contribution in [3.05, 3.63) is 45.9 Å². The monoisotopic (exact) mass is 316 g/mol. The van der Waals surface area contributed by atoms with Crippen LogP contribution < -0.4 is 4.74 Å². The first-order chi connectivity index (χ1) is 8.13. The summed E-state index contributed by atoms with van der Waals surface area (Å²) in [4.78, 5) is 10.4. The second-order valence-electron chi connectivity index (χ2n) is 3.03. The van der Waals surface area contributed by atoms with E-state index in [1.54, 1.807) is 24.3 Å².